The second-order valence-corrected chi connectivity index (χ2v) is 5.23. The van der Waals surface area contributed by atoms with Gasteiger partial charge in [0.25, 0.3) is 0 Å². The summed E-state index contributed by atoms with van der Waals surface area (Å²) < 4.78 is 6.83. The van der Waals surface area contributed by atoms with Crippen molar-refractivity contribution in [2.24, 2.45) is 5.16 Å². The number of nitrogens with zero attached hydrogens (tertiary/aromatic N) is 3. The van der Waals surface area contributed by atoms with Gasteiger partial charge in [-0.3, -0.25) is 4.79 Å². The van der Waals surface area contributed by atoms with Gasteiger partial charge in [-0.25, -0.2) is 4.98 Å². The largest absolute Gasteiger partial charge is 0.466 e. The Balaban J connectivity index is 1.83. The van der Waals surface area contributed by atoms with Gasteiger partial charge < -0.3 is 14.1 Å². The molecule has 6 heteroatoms. The molecule has 24 heavy (non-hydrogen) atoms. The molecule has 128 valence electrons. The van der Waals surface area contributed by atoms with Gasteiger partial charge in [-0.05, 0) is 19.8 Å². The number of aromatic nitrogens is 2. The molecular weight excluding hydrogens is 306 g/mol. The standard InChI is InChI=1S/C18H23N3O3/c1-2-23-18(22)10-6-7-13-24-20-17(14-21-12-11-19-15-21)16-8-4-3-5-9-16/h3-5,8-9,11-12,15H,2,6-7,10,13-14H2,1H3/b20-17-. The number of unbranched alkanes of at least 4 members (excludes halogenated alkanes) is 1. The third-order valence-electron chi connectivity index (χ3n) is 3.35. The van der Waals surface area contributed by atoms with Crippen molar-refractivity contribution in [3.63, 3.8) is 0 Å². The molecule has 0 aliphatic rings. The molecule has 2 rings (SSSR count). The van der Waals surface area contributed by atoms with E-state index in [0.29, 0.717) is 26.2 Å². The molecule has 0 saturated heterocycles. The lowest BCUT2D eigenvalue weighted by atomic mass is 10.1. The van der Waals surface area contributed by atoms with Crippen LogP contribution >= 0.6 is 0 Å². The van der Waals surface area contributed by atoms with Crippen LogP contribution in [0, 0.1) is 0 Å². The third-order valence-corrected chi connectivity index (χ3v) is 3.35. The molecule has 1 heterocycles. The van der Waals surface area contributed by atoms with Crippen LogP contribution in [0.5, 0.6) is 0 Å². The van der Waals surface area contributed by atoms with E-state index in [-0.39, 0.29) is 5.97 Å². The van der Waals surface area contributed by atoms with Crippen molar-refractivity contribution in [1.82, 2.24) is 9.55 Å². The van der Waals surface area contributed by atoms with Gasteiger partial charge in [-0.2, -0.15) is 0 Å². The van der Waals surface area contributed by atoms with Crippen LogP contribution in [-0.4, -0.2) is 34.4 Å². The lowest BCUT2D eigenvalue weighted by Gasteiger charge is -2.08. The minimum absolute atomic E-state index is 0.161. The number of hydrogen-bond acceptors (Lipinski definition) is 5. The minimum atomic E-state index is -0.161. The van der Waals surface area contributed by atoms with E-state index in [1.807, 2.05) is 41.1 Å². The summed E-state index contributed by atoms with van der Waals surface area (Å²) in [5, 5.41) is 4.27. The van der Waals surface area contributed by atoms with Gasteiger partial charge in [0.2, 0.25) is 0 Å². The fraction of sp³-hybridized carbons (Fsp3) is 0.389. The van der Waals surface area contributed by atoms with Crippen molar-refractivity contribution < 1.29 is 14.4 Å². The van der Waals surface area contributed by atoms with Gasteiger partial charge in [0.15, 0.2) is 0 Å². The number of hydrogen-bond donors (Lipinski definition) is 0. The molecule has 0 N–H and O–H groups in total. The van der Waals surface area contributed by atoms with E-state index >= 15 is 0 Å². The van der Waals surface area contributed by atoms with Crippen molar-refractivity contribution in [1.29, 1.82) is 0 Å². The first-order valence-electron chi connectivity index (χ1n) is 8.15. The molecule has 2 aromatic rings. The average molecular weight is 329 g/mol. The number of carbonyl (C=O) groups is 1. The van der Waals surface area contributed by atoms with E-state index in [0.717, 1.165) is 24.1 Å². The monoisotopic (exact) mass is 329 g/mol. The van der Waals surface area contributed by atoms with Crippen LogP contribution in [0.3, 0.4) is 0 Å². The van der Waals surface area contributed by atoms with E-state index in [9.17, 15) is 4.79 Å². The van der Waals surface area contributed by atoms with Crippen LogP contribution in [0.2, 0.25) is 0 Å². The zero-order chi connectivity index (χ0) is 17.0. The molecule has 1 aromatic heterocycles. The van der Waals surface area contributed by atoms with Gasteiger partial charge in [-0.1, -0.05) is 35.5 Å². The predicted octanol–water partition coefficient (Wildman–Crippen LogP) is 3.04. The van der Waals surface area contributed by atoms with Crippen LogP contribution < -0.4 is 0 Å². The Morgan fingerprint density at radius 3 is 2.79 bits per heavy atom. The maximum absolute atomic E-state index is 11.2. The van der Waals surface area contributed by atoms with E-state index in [1.54, 1.807) is 19.4 Å². The van der Waals surface area contributed by atoms with Crippen molar-refractivity contribution in [2.45, 2.75) is 32.7 Å². The van der Waals surface area contributed by atoms with Gasteiger partial charge >= 0.3 is 5.97 Å². The number of ether oxygens (including phenoxy) is 1. The number of oxime groups is 1. The zero-order valence-corrected chi connectivity index (χ0v) is 13.9. The summed E-state index contributed by atoms with van der Waals surface area (Å²) in [5.74, 6) is -0.161. The Labute approximate surface area is 142 Å². The molecule has 0 amide bonds. The number of esters is 1. The summed E-state index contributed by atoms with van der Waals surface area (Å²) in [6.45, 7) is 3.29. The highest BCUT2D eigenvalue weighted by Crippen LogP contribution is 2.06. The highest BCUT2D eigenvalue weighted by molar-refractivity contribution is 6.00. The van der Waals surface area contributed by atoms with Crippen molar-refractivity contribution >= 4 is 11.7 Å². The van der Waals surface area contributed by atoms with E-state index in [2.05, 4.69) is 10.1 Å². The first-order chi connectivity index (χ1) is 11.8. The molecule has 0 saturated carbocycles. The molecule has 0 spiro atoms. The normalized spacial score (nSPS) is 11.3. The molecule has 0 bridgehead atoms. The molecule has 0 atom stereocenters. The molecule has 0 fully saturated rings. The smallest absolute Gasteiger partial charge is 0.305 e. The first-order valence-corrected chi connectivity index (χ1v) is 8.15. The maximum Gasteiger partial charge on any atom is 0.305 e. The van der Waals surface area contributed by atoms with Crippen LogP contribution in [0.4, 0.5) is 0 Å². The molecular formula is C18H23N3O3. The van der Waals surface area contributed by atoms with Crippen molar-refractivity contribution in [3.05, 3.63) is 54.6 Å². The summed E-state index contributed by atoms with van der Waals surface area (Å²) >= 11 is 0. The van der Waals surface area contributed by atoms with Gasteiger partial charge in [0.05, 0.1) is 19.5 Å². The Kier molecular flexibility index (Phi) is 7.53. The highest BCUT2D eigenvalue weighted by Gasteiger charge is 2.06. The Bertz CT molecular complexity index is 624. The number of benzene rings is 1. The van der Waals surface area contributed by atoms with E-state index in [4.69, 9.17) is 9.57 Å². The summed E-state index contributed by atoms with van der Waals surface area (Å²) in [5.41, 5.74) is 1.84. The van der Waals surface area contributed by atoms with E-state index in [1.165, 1.54) is 0 Å². The van der Waals surface area contributed by atoms with Crippen LogP contribution in [-0.2, 0) is 20.9 Å². The van der Waals surface area contributed by atoms with Gasteiger partial charge in [0.1, 0.15) is 12.3 Å². The first kappa shape index (κ1) is 17.7. The molecule has 0 unspecified atom stereocenters. The summed E-state index contributed by atoms with van der Waals surface area (Å²) in [6, 6.07) is 9.91. The summed E-state index contributed by atoms with van der Waals surface area (Å²) in [7, 11) is 0. The average Bonchev–Trinajstić information content (AvgIpc) is 3.11. The Morgan fingerprint density at radius 2 is 2.08 bits per heavy atom. The zero-order valence-electron chi connectivity index (χ0n) is 13.9. The van der Waals surface area contributed by atoms with Crippen molar-refractivity contribution in [2.75, 3.05) is 13.2 Å². The SMILES string of the molecule is CCOC(=O)CCCCO/N=C(/Cn1ccnc1)c1ccccc1. The quantitative estimate of drug-likeness (QED) is 0.291. The Morgan fingerprint density at radius 1 is 1.25 bits per heavy atom. The Hall–Kier alpha value is -2.63. The molecule has 1 aromatic carbocycles. The molecule has 0 radical (unpaired) electrons. The van der Waals surface area contributed by atoms with Crippen LogP contribution in [0.25, 0.3) is 0 Å². The van der Waals surface area contributed by atoms with Crippen LogP contribution in [0.1, 0.15) is 31.7 Å². The highest BCUT2D eigenvalue weighted by atomic mass is 16.6. The van der Waals surface area contributed by atoms with Gasteiger partial charge in [0, 0.05) is 24.4 Å². The molecule has 6 nitrogen and oxygen atoms in total. The lowest BCUT2D eigenvalue weighted by Crippen LogP contribution is -2.11. The maximum atomic E-state index is 11.2. The number of imidazole rings is 1. The summed E-state index contributed by atoms with van der Waals surface area (Å²) in [6.07, 6.45) is 7.28. The number of carbonyl (C=O) groups excluding carboxylic acids is 1. The van der Waals surface area contributed by atoms with E-state index < -0.39 is 0 Å². The third kappa shape index (κ3) is 6.24. The molecule has 0 aliphatic carbocycles. The fourth-order valence-corrected chi connectivity index (χ4v) is 2.15. The second-order valence-electron chi connectivity index (χ2n) is 5.23. The fourth-order valence-electron chi connectivity index (χ4n) is 2.15. The lowest BCUT2D eigenvalue weighted by molar-refractivity contribution is -0.143. The molecule has 0 aliphatic heterocycles. The van der Waals surface area contributed by atoms with Crippen molar-refractivity contribution in [3.8, 4) is 0 Å². The van der Waals surface area contributed by atoms with Crippen LogP contribution in [0.15, 0.2) is 54.2 Å². The second kappa shape index (κ2) is 10.2. The number of rotatable bonds is 10. The van der Waals surface area contributed by atoms with Gasteiger partial charge in [-0.15, -0.1) is 0 Å². The summed E-state index contributed by atoms with van der Waals surface area (Å²) in [4.78, 5) is 20.7. The predicted molar refractivity (Wildman–Crippen MR) is 91.6 cm³/mol. The topological polar surface area (TPSA) is 65.7 Å². The minimum Gasteiger partial charge on any atom is -0.466 e.